The van der Waals surface area contributed by atoms with E-state index in [1.165, 1.54) is 7.11 Å². The first-order chi connectivity index (χ1) is 8.11. The number of methoxy groups -OCH3 is 1. The summed E-state index contributed by atoms with van der Waals surface area (Å²) in [4.78, 5) is 11.2. The van der Waals surface area contributed by atoms with E-state index in [1.54, 1.807) is 24.3 Å². The van der Waals surface area contributed by atoms with Crippen LogP contribution in [0.15, 0.2) is 30.3 Å². The molecule has 0 spiro atoms. The summed E-state index contributed by atoms with van der Waals surface area (Å²) in [6, 6.07) is 8.71. The van der Waals surface area contributed by atoms with Gasteiger partial charge in [0.15, 0.2) is 0 Å². The van der Waals surface area contributed by atoms with Crippen molar-refractivity contribution in [3.05, 3.63) is 40.9 Å². The molecule has 0 unspecified atom stereocenters. The molecule has 0 aromatic heterocycles. The van der Waals surface area contributed by atoms with Crippen molar-refractivity contribution < 1.29 is 14.6 Å². The third-order valence-electron chi connectivity index (χ3n) is 2.60. The van der Waals surface area contributed by atoms with Gasteiger partial charge >= 0.3 is 5.97 Å². The Hall–Kier alpha value is -1.74. The summed E-state index contributed by atoms with van der Waals surface area (Å²) in [5.74, 6) is -0.279. The summed E-state index contributed by atoms with van der Waals surface area (Å²) in [7, 11) is 1.32. The van der Waals surface area contributed by atoms with Crippen LogP contribution in [0.5, 0.6) is 5.75 Å². The fourth-order valence-corrected chi connectivity index (χ4v) is 1.88. The molecule has 0 saturated carbocycles. The number of phenols is 1. The van der Waals surface area contributed by atoms with Gasteiger partial charge in [0.2, 0.25) is 0 Å². The quantitative estimate of drug-likeness (QED) is 0.834. The van der Waals surface area contributed by atoms with Crippen molar-refractivity contribution in [1.82, 2.24) is 0 Å². The average Bonchev–Trinajstić information content (AvgIpc) is 2.32. The van der Waals surface area contributed by atoms with Crippen molar-refractivity contribution in [1.29, 1.82) is 0 Å². The normalized spacial score (nSPS) is 10.5. The minimum atomic E-state index is -0.381. The summed E-state index contributed by atoms with van der Waals surface area (Å²) < 4.78 is 4.57. The number of hydrogen-bond acceptors (Lipinski definition) is 3. The number of carbonyl (C=O) groups is 1. The number of carbonyl (C=O) groups excluding carboxylic acids is 1. The van der Waals surface area contributed by atoms with E-state index in [0.717, 1.165) is 5.39 Å². The van der Waals surface area contributed by atoms with Crippen molar-refractivity contribution in [2.45, 2.75) is 6.42 Å². The van der Waals surface area contributed by atoms with Crippen molar-refractivity contribution in [2.75, 3.05) is 7.11 Å². The molecule has 0 amide bonds. The van der Waals surface area contributed by atoms with Crippen LogP contribution in [0.4, 0.5) is 0 Å². The Kier molecular flexibility index (Phi) is 3.20. The molecule has 2 rings (SSSR count). The van der Waals surface area contributed by atoms with Crippen LogP contribution in [0.1, 0.15) is 5.56 Å². The Morgan fingerprint density at radius 3 is 2.82 bits per heavy atom. The van der Waals surface area contributed by atoms with E-state index in [4.69, 9.17) is 11.6 Å². The lowest BCUT2D eigenvalue weighted by Gasteiger charge is -2.07. The lowest BCUT2D eigenvalue weighted by molar-refractivity contribution is -0.139. The van der Waals surface area contributed by atoms with Crippen LogP contribution < -0.4 is 0 Å². The van der Waals surface area contributed by atoms with Crippen molar-refractivity contribution >= 4 is 28.3 Å². The van der Waals surface area contributed by atoms with Crippen LogP contribution in [-0.2, 0) is 16.0 Å². The Morgan fingerprint density at radius 1 is 1.35 bits per heavy atom. The van der Waals surface area contributed by atoms with Crippen LogP contribution in [-0.4, -0.2) is 18.2 Å². The number of benzene rings is 2. The number of fused-ring (bicyclic) bond motifs is 1. The van der Waals surface area contributed by atoms with Crippen molar-refractivity contribution in [3.63, 3.8) is 0 Å². The molecular formula is C13H11ClO3. The summed E-state index contributed by atoms with van der Waals surface area (Å²) in [5, 5.41) is 12.2. The molecule has 0 radical (unpaired) electrons. The number of ether oxygens (including phenoxy) is 1. The molecule has 0 heterocycles. The molecular weight excluding hydrogens is 240 g/mol. The van der Waals surface area contributed by atoms with Gasteiger partial charge in [-0.3, -0.25) is 4.79 Å². The Labute approximate surface area is 104 Å². The van der Waals surface area contributed by atoms with Crippen LogP contribution in [0, 0.1) is 0 Å². The van der Waals surface area contributed by atoms with Gasteiger partial charge in [0.1, 0.15) is 5.75 Å². The highest BCUT2D eigenvalue weighted by atomic mass is 35.5. The largest absolute Gasteiger partial charge is 0.507 e. The SMILES string of the molecule is COC(=O)Cc1ccc2cc(Cl)ccc2c1O. The lowest BCUT2D eigenvalue weighted by atomic mass is 10.0. The van der Waals surface area contributed by atoms with E-state index < -0.39 is 0 Å². The van der Waals surface area contributed by atoms with E-state index in [0.29, 0.717) is 16.0 Å². The zero-order chi connectivity index (χ0) is 12.4. The second-order valence-electron chi connectivity index (χ2n) is 3.69. The molecule has 0 saturated heterocycles. The van der Waals surface area contributed by atoms with E-state index >= 15 is 0 Å². The Balaban J connectivity index is 2.50. The number of esters is 1. The molecule has 0 atom stereocenters. The number of halogens is 1. The zero-order valence-electron chi connectivity index (χ0n) is 9.24. The molecule has 0 aliphatic rings. The first-order valence-electron chi connectivity index (χ1n) is 5.08. The Bertz CT molecular complexity index is 578. The minimum absolute atomic E-state index is 0.0564. The summed E-state index contributed by atoms with van der Waals surface area (Å²) >= 11 is 5.86. The molecule has 0 fully saturated rings. The fourth-order valence-electron chi connectivity index (χ4n) is 1.70. The molecule has 0 aliphatic carbocycles. The fraction of sp³-hybridized carbons (Fsp3) is 0.154. The van der Waals surface area contributed by atoms with Gasteiger partial charge in [0, 0.05) is 16.0 Å². The highest BCUT2D eigenvalue weighted by molar-refractivity contribution is 6.31. The average molecular weight is 251 g/mol. The van der Waals surface area contributed by atoms with Crippen molar-refractivity contribution in [2.24, 2.45) is 0 Å². The van der Waals surface area contributed by atoms with E-state index in [2.05, 4.69) is 4.74 Å². The maximum Gasteiger partial charge on any atom is 0.310 e. The first-order valence-corrected chi connectivity index (χ1v) is 5.46. The zero-order valence-corrected chi connectivity index (χ0v) is 9.99. The van der Waals surface area contributed by atoms with Gasteiger partial charge in [-0.25, -0.2) is 0 Å². The predicted molar refractivity (Wildman–Crippen MR) is 66.3 cm³/mol. The summed E-state index contributed by atoms with van der Waals surface area (Å²) in [6.07, 6.45) is 0.0564. The number of hydrogen-bond donors (Lipinski definition) is 1. The van der Waals surface area contributed by atoms with Crippen LogP contribution in [0.2, 0.25) is 5.02 Å². The van der Waals surface area contributed by atoms with Crippen LogP contribution >= 0.6 is 11.6 Å². The van der Waals surface area contributed by atoms with Crippen LogP contribution in [0.25, 0.3) is 10.8 Å². The predicted octanol–water partition coefficient (Wildman–Crippen LogP) is 2.91. The maximum atomic E-state index is 11.2. The standard InChI is InChI=1S/C13H11ClO3/c1-17-12(15)7-9-3-2-8-6-10(14)4-5-11(8)13(9)16/h2-6,16H,7H2,1H3. The van der Waals surface area contributed by atoms with Crippen LogP contribution in [0.3, 0.4) is 0 Å². The topological polar surface area (TPSA) is 46.5 Å². The first kappa shape index (κ1) is 11.7. The Morgan fingerprint density at radius 2 is 2.12 bits per heavy atom. The molecule has 3 nitrogen and oxygen atoms in total. The van der Waals surface area contributed by atoms with Gasteiger partial charge < -0.3 is 9.84 Å². The van der Waals surface area contributed by atoms with E-state index in [9.17, 15) is 9.90 Å². The number of aromatic hydroxyl groups is 1. The molecule has 0 bridgehead atoms. The highest BCUT2D eigenvalue weighted by Crippen LogP contribution is 2.30. The molecule has 2 aromatic carbocycles. The summed E-state index contributed by atoms with van der Waals surface area (Å²) in [5.41, 5.74) is 0.548. The number of rotatable bonds is 2. The van der Waals surface area contributed by atoms with Gasteiger partial charge in [-0.15, -0.1) is 0 Å². The highest BCUT2D eigenvalue weighted by Gasteiger charge is 2.10. The molecule has 4 heteroatoms. The van der Waals surface area contributed by atoms with E-state index in [-0.39, 0.29) is 18.1 Å². The van der Waals surface area contributed by atoms with Gasteiger partial charge in [-0.1, -0.05) is 23.7 Å². The molecule has 17 heavy (non-hydrogen) atoms. The molecule has 0 aliphatic heterocycles. The third kappa shape index (κ3) is 2.34. The van der Waals surface area contributed by atoms with Gasteiger partial charge in [-0.2, -0.15) is 0 Å². The van der Waals surface area contributed by atoms with Gasteiger partial charge in [-0.05, 0) is 23.6 Å². The van der Waals surface area contributed by atoms with Gasteiger partial charge in [0.05, 0.1) is 13.5 Å². The number of phenolic OH excluding ortho intramolecular Hbond substituents is 1. The molecule has 1 N–H and O–H groups in total. The molecule has 2 aromatic rings. The second-order valence-corrected chi connectivity index (χ2v) is 4.13. The lowest BCUT2D eigenvalue weighted by Crippen LogP contribution is -2.04. The van der Waals surface area contributed by atoms with Gasteiger partial charge in [0.25, 0.3) is 0 Å². The third-order valence-corrected chi connectivity index (χ3v) is 2.83. The minimum Gasteiger partial charge on any atom is -0.507 e. The monoisotopic (exact) mass is 250 g/mol. The smallest absolute Gasteiger partial charge is 0.310 e. The second kappa shape index (κ2) is 4.63. The molecule has 88 valence electrons. The van der Waals surface area contributed by atoms with Crippen molar-refractivity contribution in [3.8, 4) is 5.75 Å². The maximum absolute atomic E-state index is 11.2. The van der Waals surface area contributed by atoms with E-state index in [1.807, 2.05) is 6.07 Å². The summed E-state index contributed by atoms with van der Waals surface area (Å²) in [6.45, 7) is 0.